The summed E-state index contributed by atoms with van der Waals surface area (Å²) in [5.74, 6) is 0. The molecule has 2 rings (SSSR count). The van der Waals surface area contributed by atoms with Gasteiger partial charge in [0, 0.05) is 25.4 Å². The van der Waals surface area contributed by atoms with E-state index in [0.717, 1.165) is 18.7 Å². The summed E-state index contributed by atoms with van der Waals surface area (Å²) in [6.45, 7) is 1.12. The number of nitrogens with zero attached hydrogens (tertiary/aromatic N) is 2. The van der Waals surface area contributed by atoms with Gasteiger partial charge in [0.25, 0.3) is 0 Å². The minimum absolute atomic E-state index is 0.235. The quantitative estimate of drug-likeness (QED) is 0.789. The lowest BCUT2D eigenvalue weighted by Crippen LogP contribution is -2.41. The van der Waals surface area contributed by atoms with Crippen LogP contribution in [-0.2, 0) is 0 Å². The first-order chi connectivity index (χ1) is 7.81. The molecule has 1 heterocycles. The van der Waals surface area contributed by atoms with Crippen molar-refractivity contribution in [3.8, 4) is 0 Å². The maximum Gasteiger partial charge on any atom is 0.0575 e. The van der Waals surface area contributed by atoms with Crippen LogP contribution in [0.15, 0.2) is 18.5 Å². The normalized spacial score (nSPS) is 15.8. The molecule has 1 aromatic heterocycles. The predicted molar refractivity (Wildman–Crippen MR) is 65.3 cm³/mol. The molecule has 0 amide bonds. The summed E-state index contributed by atoms with van der Waals surface area (Å²) in [6, 6.07) is 2.57. The Kier molecular flexibility index (Phi) is 3.62. The number of aliphatic hydroxyl groups is 1. The summed E-state index contributed by atoms with van der Waals surface area (Å²) in [7, 11) is 0. The average Bonchev–Trinajstić information content (AvgIpc) is 2.21. The van der Waals surface area contributed by atoms with Crippen LogP contribution in [0.2, 0.25) is 0 Å². The maximum atomic E-state index is 8.92. The Bertz CT molecular complexity index is 339. The topological polar surface area (TPSA) is 62.4 Å². The van der Waals surface area contributed by atoms with E-state index in [1.54, 1.807) is 6.20 Å². The monoisotopic (exact) mass is 221 g/mol. The fourth-order valence-corrected chi connectivity index (χ4v) is 2.06. The lowest BCUT2D eigenvalue weighted by Gasteiger charge is -2.39. The third kappa shape index (κ3) is 2.44. The van der Waals surface area contributed by atoms with Crippen LogP contribution in [0.5, 0.6) is 0 Å². The standard InChI is InChI=1S/C12H19N3O/c13-10-7-12(9-14-8-10)15(5-2-6-16)11-3-1-4-11/h7-9,11,16H,1-6,13H2. The van der Waals surface area contributed by atoms with Crippen molar-refractivity contribution in [2.24, 2.45) is 0 Å². The third-order valence-electron chi connectivity index (χ3n) is 3.15. The number of nitrogen functional groups attached to an aromatic ring is 1. The van der Waals surface area contributed by atoms with Crippen LogP contribution in [0.3, 0.4) is 0 Å². The van der Waals surface area contributed by atoms with Gasteiger partial charge in [-0.05, 0) is 31.7 Å². The second-order valence-electron chi connectivity index (χ2n) is 4.33. The Morgan fingerprint density at radius 1 is 1.44 bits per heavy atom. The van der Waals surface area contributed by atoms with E-state index < -0.39 is 0 Å². The molecular formula is C12H19N3O. The second kappa shape index (κ2) is 5.16. The predicted octanol–water partition coefficient (Wildman–Crippen LogP) is 1.41. The number of rotatable bonds is 5. The molecule has 88 valence electrons. The van der Waals surface area contributed by atoms with Crippen molar-refractivity contribution in [1.82, 2.24) is 4.98 Å². The minimum Gasteiger partial charge on any atom is -0.397 e. The highest BCUT2D eigenvalue weighted by Crippen LogP contribution is 2.29. The summed E-state index contributed by atoms with van der Waals surface area (Å²) >= 11 is 0. The van der Waals surface area contributed by atoms with Crippen LogP contribution in [0.4, 0.5) is 11.4 Å². The lowest BCUT2D eigenvalue weighted by molar-refractivity contribution is 0.283. The zero-order valence-electron chi connectivity index (χ0n) is 9.47. The SMILES string of the molecule is Nc1cncc(N(CCCO)C2CCC2)c1. The molecule has 0 spiro atoms. The summed E-state index contributed by atoms with van der Waals surface area (Å²) in [6.07, 6.45) is 8.09. The molecule has 1 aromatic rings. The van der Waals surface area contributed by atoms with E-state index >= 15 is 0 Å². The van der Waals surface area contributed by atoms with E-state index in [1.807, 2.05) is 12.3 Å². The number of nitrogens with two attached hydrogens (primary N) is 1. The smallest absolute Gasteiger partial charge is 0.0575 e. The zero-order chi connectivity index (χ0) is 11.4. The molecule has 0 radical (unpaired) electrons. The molecule has 0 saturated heterocycles. The van der Waals surface area contributed by atoms with Crippen LogP contribution in [0, 0.1) is 0 Å². The molecule has 0 unspecified atom stereocenters. The molecule has 1 aliphatic rings. The average molecular weight is 221 g/mol. The van der Waals surface area contributed by atoms with Crippen molar-refractivity contribution in [2.45, 2.75) is 31.7 Å². The van der Waals surface area contributed by atoms with Crippen molar-refractivity contribution in [2.75, 3.05) is 23.8 Å². The van der Waals surface area contributed by atoms with Crippen molar-refractivity contribution in [3.05, 3.63) is 18.5 Å². The largest absolute Gasteiger partial charge is 0.397 e. The lowest BCUT2D eigenvalue weighted by atomic mass is 9.91. The Balaban J connectivity index is 2.10. The van der Waals surface area contributed by atoms with Crippen LogP contribution >= 0.6 is 0 Å². The molecular weight excluding hydrogens is 202 g/mol. The first-order valence-electron chi connectivity index (χ1n) is 5.89. The van der Waals surface area contributed by atoms with Crippen molar-refractivity contribution in [3.63, 3.8) is 0 Å². The zero-order valence-corrected chi connectivity index (χ0v) is 9.47. The molecule has 0 aliphatic heterocycles. The van der Waals surface area contributed by atoms with Gasteiger partial charge in [0.1, 0.15) is 0 Å². The fourth-order valence-electron chi connectivity index (χ4n) is 2.06. The second-order valence-corrected chi connectivity index (χ2v) is 4.33. The Hall–Kier alpha value is -1.29. The molecule has 0 aromatic carbocycles. The molecule has 4 heteroatoms. The van der Waals surface area contributed by atoms with Crippen molar-refractivity contribution < 1.29 is 5.11 Å². The Morgan fingerprint density at radius 3 is 2.81 bits per heavy atom. The fraction of sp³-hybridized carbons (Fsp3) is 0.583. The van der Waals surface area contributed by atoms with Crippen molar-refractivity contribution >= 4 is 11.4 Å². The molecule has 1 fully saturated rings. The van der Waals surface area contributed by atoms with E-state index in [0.29, 0.717) is 11.7 Å². The highest BCUT2D eigenvalue weighted by atomic mass is 16.3. The van der Waals surface area contributed by atoms with Gasteiger partial charge in [-0.3, -0.25) is 4.98 Å². The van der Waals surface area contributed by atoms with Gasteiger partial charge < -0.3 is 15.7 Å². The molecule has 16 heavy (non-hydrogen) atoms. The number of pyridine rings is 1. The minimum atomic E-state index is 0.235. The molecule has 3 N–H and O–H groups in total. The first kappa shape index (κ1) is 11.2. The third-order valence-corrected chi connectivity index (χ3v) is 3.15. The van der Waals surface area contributed by atoms with Crippen LogP contribution in [0.25, 0.3) is 0 Å². The highest BCUT2D eigenvalue weighted by Gasteiger charge is 2.24. The summed E-state index contributed by atoms with van der Waals surface area (Å²) in [5.41, 5.74) is 7.53. The van der Waals surface area contributed by atoms with Gasteiger partial charge in [-0.25, -0.2) is 0 Å². The van der Waals surface area contributed by atoms with E-state index in [2.05, 4.69) is 9.88 Å². The summed E-state index contributed by atoms with van der Waals surface area (Å²) in [4.78, 5) is 6.45. The van der Waals surface area contributed by atoms with E-state index in [4.69, 9.17) is 10.8 Å². The Labute approximate surface area is 96.1 Å². The van der Waals surface area contributed by atoms with Gasteiger partial charge in [0.15, 0.2) is 0 Å². The summed E-state index contributed by atoms with van der Waals surface area (Å²) < 4.78 is 0. The first-order valence-corrected chi connectivity index (χ1v) is 5.89. The van der Waals surface area contributed by atoms with Crippen molar-refractivity contribution in [1.29, 1.82) is 0 Å². The number of aliphatic hydroxyl groups excluding tert-OH is 1. The van der Waals surface area contributed by atoms with Crippen LogP contribution in [-0.4, -0.2) is 29.3 Å². The molecule has 0 atom stereocenters. The van der Waals surface area contributed by atoms with Crippen LogP contribution in [0.1, 0.15) is 25.7 Å². The van der Waals surface area contributed by atoms with Gasteiger partial charge in [-0.2, -0.15) is 0 Å². The van der Waals surface area contributed by atoms with E-state index in [1.165, 1.54) is 19.3 Å². The van der Waals surface area contributed by atoms with Gasteiger partial charge in [0.2, 0.25) is 0 Å². The van der Waals surface area contributed by atoms with Crippen LogP contribution < -0.4 is 10.6 Å². The molecule has 4 nitrogen and oxygen atoms in total. The van der Waals surface area contributed by atoms with Gasteiger partial charge >= 0.3 is 0 Å². The molecule has 0 bridgehead atoms. The van der Waals surface area contributed by atoms with Gasteiger partial charge in [0.05, 0.1) is 17.6 Å². The number of hydrogen-bond donors (Lipinski definition) is 2. The highest BCUT2D eigenvalue weighted by molar-refractivity contribution is 5.54. The van der Waals surface area contributed by atoms with Gasteiger partial charge in [-0.1, -0.05) is 0 Å². The molecule has 1 saturated carbocycles. The van der Waals surface area contributed by atoms with E-state index in [-0.39, 0.29) is 6.61 Å². The number of hydrogen-bond acceptors (Lipinski definition) is 4. The summed E-state index contributed by atoms with van der Waals surface area (Å²) in [5, 5.41) is 8.92. The van der Waals surface area contributed by atoms with E-state index in [9.17, 15) is 0 Å². The number of aromatic nitrogens is 1. The maximum absolute atomic E-state index is 8.92. The molecule has 1 aliphatic carbocycles. The van der Waals surface area contributed by atoms with Gasteiger partial charge in [-0.15, -0.1) is 0 Å². The number of anilines is 2. The Morgan fingerprint density at radius 2 is 2.25 bits per heavy atom.